The van der Waals surface area contributed by atoms with Crippen molar-refractivity contribution >= 4 is 11.6 Å². The van der Waals surface area contributed by atoms with Gasteiger partial charge in [0.1, 0.15) is 6.33 Å². The van der Waals surface area contributed by atoms with Gasteiger partial charge in [0.2, 0.25) is 0 Å². The third-order valence-corrected chi connectivity index (χ3v) is 5.87. The SMILES string of the molecule is CCN(CC)[C@@H]1CCO[C@H](c2ccc(NC(=O)c3ccc(-n4cnnn4)cc3)cc2)C1. The van der Waals surface area contributed by atoms with Crippen molar-refractivity contribution in [3.63, 3.8) is 0 Å². The molecule has 8 nitrogen and oxygen atoms in total. The lowest BCUT2D eigenvalue weighted by Gasteiger charge is -2.36. The number of carbonyl (C=O) groups excluding carboxylic acids is 1. The summed E-state index contributed by atoms with van der Waals surface area (Å²) in [4.78, 5) is 15.1. The maximum Gasteiger partial charge on any atom is 0.255 e. The highest BCUT2D eigenvalue weighted by molar-refractivity contribution is 6.04. The number of nitrogens with zero attached hydrogens (tertiary/aromatic N) is 5. The molecule has 0 radical (unpaired) electrons. The monoisotopic (exact) mass is 420 g/mol. The Morgan fingerprint density at radius 3 is 2.52 bits per heavy atom. The summed E-state index contributed by atoms with van der Waals surface area (Å²) < 4.78 is 7.58. The van der Waals surface area contributed by atoms with E-state index in [1.165, 1.54) is 6.33 Å². The Kier molecular flexibility index (Phi) is 6.69. The van der Waals surface area contributed by atoms with Gasteiger partial charge in [-0.15, -0.1) is 5.10 Å². The molecule has 1 aliphatic rings. The maximum absolute atomic E-state index is 12.6. The van der Waals surface area contributed by atoms with E-state index in [9.17, 15) is 4.79 Å². The van der Waals surface area contributed by atoms with Gasteiger partial charge in [-0.05, 0) is 78.3 Å². The summed E-state index contributed by atoms with van der Waals surface area (Å²) in [6.07, 6.45) is 3.69. The summed E-state index contributed by atoms with van der Waals surface area (Å²) in [6.45, 7) is 7.34. The highest BCUT2D eigenvalue weighted by Gasteiger charge is 2.27. The number of ether oxygens (including phenoxy) is 1. The van der Waals surface area contributed by atoms with Gasteiger partial charge in [0.25, 0.3) is 5.91 Å². The first kappa shape index (κ1) is 21.1. The first-order valence-electron chi connectivity index (χ1n) is 10.8. The lowest BCUT2D eigenvalue weighted by atomic mass is 9.96. The predicted molar refractivity (Wildman–Crippen MR) is 118 cm³/mol. The number of carbonyl (C=O) groups is 1. The van der Waals surface area contributed by atoms with Crippen molar-refractivity contribution in [3.8, 4) is 5.69 Å². The Morgan fingerprint density at radius 1 is 1.13 bits per heavy atom. The van der Waals surface area contributed by atoms with E-state index >= 15 is 0 Å². The van der Waals surface area contributed by atoms with Crippen LogP contribution < -0.4 is 5.32 Å². The normalized spacial score (nSPS) is 18.8. The van der Waals surface area contributed by atoms with E-state index in [-0.39, 0.29) is 12.0 Å². The van der Waals surface area contributed by atoms with Gasteiger partial charge in [-0.1, -0.05) is 26.0 Å². The zero-order valence-corrected chi connectivity index (χ0v) is 17.9. The minimum Gasteiger partial charge on any atom is -0.373 e. The van der Waals surface area contributed by atoms with Gasteiger partial charge in [0, 0.05) is 23.9 Å². The van der Waals surface area contributed by atoms with Crippen LogP contribution in [-0.4, -0.2) is 56.8 Å². The van der Waals surface area contributed by atoms with E-state index in [0.717, 1.165) is 49.5 Å². The second-order valence-electron chi connectivity index (χ2n) is 7.64. The zero-order chi connectivity index (χ0) is 21.6. The molecular weight excluding hydrogens is 392 g/mol. The molecule has 0 unspecified atom stereocenters. The average molecular weight is 421 g/mol. The molecule has 0 aliphatic carbocycles. The fourth-order valence-corrected chi connectivity index (χ4v) is 4.11. The number of hydrogen-bond acceptors (Lipinski definition) is 6. The summed E-state index contributed by atoms with van der Waals surface area (Å²) >= 11 is 0. The van der Waals surface area contributed by atoms with E-state index in [1.54, 1.807) is 28.9 Å². The molecule has 1 aliphatic heterocycles. The third kappa shape index (κ3) is 4.98. The van der Waals surface area contributed by atoms with Crippen molar-refractivity contribution in [2.75, 3.05) is 25.0 Å². The van der Waals surface area contributed by atoms with E-state index in [4.69, 9.17) is 4.74 Å². The fraction of sp³-hybridized carbons (Fsp3) is 0.391. The van der Waals surface area contributed by atoms with E-state index < -0.39 is 0 Å². The third-order valence-electron chi connectivity index (χ3n) is 5.87. The molecule has 31 heavy (non-hydrogen) atoms. The molecule has 2 atom stereocenters. The molecular formula is C23H28N6O2. The van der Waals surface area contributed by atoms with Crippen molar-refractivity contribution in [2.24, 2.45) is 0 Å². The molecule has 1 fully saturated rings. The first-order valence-corrected chi connectivity index (χ1v) is 10.8. The molecule has 1 amide bonds. The number of tetrazole rings is 1. The molecule has 162 valence electrons. The number of amides is 1. The van der Waals surface area contributed by atoms with Crippen molar-refractivity contribution in [1.82, 2.24) is 25.1 Å². The second kappa shape index (κ2) is 9.80. The summed E-state index contributed by atoms with van der Waals surface area (Å²) in [7, 11) is 0. The lowest BCUT2D eigenvalue weighted by Crippen LogP contribution is -2.40. The topological polar surface area (TPSA) is 85.2 Å². The van der Waals surface area contributed by atoms with Crippen LogP contribution in [-0.2, 0) is 4.74 Å². The lowest BCUT2D eigenvalue weighted by molar-refractivity contribution is -0.0265. The van der Waals surface area contributed by atoms with Gasteiger partial charge < -0.3 is 15.0 Å². The second-order valence-corrected chi connectivity index (χ2v) is 7.64. The molecule has 2 heterocycles. The van der Waals surface area contributed by atoms with Crippen molar-refractivity contribution < 1.29 is 9.53 Å². The zero-order valence-electron chi connectivity index (χ0n) is 17.9. The molecule has 8 heteroatoms. The van der Waals surface area contributed by atoms with Gasteiger partial charge in [-0.25, -0.2) is 4.68 Å². The van der Waals surface area contributed by atoms with Gasteiger partial charge in [-0.2, -0.15) is 0 Å². The number of hydrogen-bond donors (Lipinski definition) is 1. The summed E-state index contributed by atoms with van der Waals surface area (Å²) in [5, 5.41) is 14.0. The standard InChI is InChI=1S/C23H28N6O2/c1-3-28(4-2)21-13-14-31-22(15-21)17-5-9-19(10-6-17)25-23(30)18-7-11-20(12-8-18)29-16-24-26-27-29/h5-12,16,21-22H,3-4,13-15H2,1-2H3,(H,25,30)/t21-,22+/m1/s1. The van der Waals surface area contributed by atoms with Crippen LogP contribution in [0.25, 0.3) is 5.69 Å². The smallest absolute Gasteiger partial charge is 0.255 e. The predicted octanol–water partition coefficient (Wildman–Crippen LogP) is 3.48. The van der Waals surface area contributed by atoms with Crippen molar-refractivity contribution in [3.05, 3.63) is 66.0 Å². The molecule has 0 spiro atoms. The molecule has 3 aromatic rings. The number of rotatable bonds is 7. The summed E-state index contributed by atoms with van der Waals surface area (Å²) in [5.74, 6) is -0.161. The summed E-state index contributed by atoms with van der Waals surface area (Å²) in [6, 6.07) is 15.7. The quantitative estimate of drug-likeness (QED) is 0.630. The number of anilines is 1. The van der Waals surface area contributed by atoms with Crippen molar-refractivity contribution in [2.45, 2.75) is 38.8 Å². The first-order chi connectivity index (χ1) is 15.2. The van der Waals surface area contributed by atoms with Crippen LogP contribution in [0.1, 0.15) is 48.7 Å². The van der Waals surface area contributed by atoms with Crippen LogP contribution in [0, 0.1) is 0 Å². The van der Waals surface area contributed by atoms with Crippen LogP contribution in [0.4, 0.5) is 5.69 Å². The molecule has 0 saturated carbocycles. The Hall–Kier alpha value is -3.10. The molecule has 1 aromatic heterocycles. The summed E-state index contributed by atoms with van der Waals surface area (Å²) in [5.41, 5.74) is 3.27. The highest BCUT2D eigenvalue weighted by atomic mass is 16.5. The van der Waals surface area contributed by atoms with Gasteiger partial charge in [0.05, 0.1) is 11.8 Å². The van der Waals surface area contributed by atoms with Crippen LogP contribution in [0.3, 0.4) is 0 Å². The fourth-order valence-electron chi connectivity index (χ4n) is 4.11. The van der Waals surface area contributed by atoms with Crippen LogP contribution in [0.15, 0.2) is 54.9 Å². The van der Waals surface area contributed by atoms with E-state index in [2.05, 4.69) is 39.6 Å². The maximum atomic E-state index is 12.6. The Balaban J connectivity index is 1.37. The van der Waals surface area contributed by atoms with E-state index in [0.29, 0.717) is 11.6 Å². The van der Waals surface area contributed by atoms with Crippen LogP contribution in [0.2, 0.25) is 0 Å². The Bertz CT molecular complexity index is 968. The molecule has 0 bridgehead atoms. The minimum absolute atomic E-state index is 0.0999. The Labute approximate surface area is 182 Å². The van der Waals surface area contributed by atoms with Crippen molar-refractivity contribution in [1.29, 1.82) is 0 Å². The molecule has 1 saturated heterocycles. The van der Waals surface area contributed by atoms with Gasteiger partial charge in [0.15, 0.2) is 0 Å². The van der Waals surface area contributed by atoms with E-state index in [1.807, 2.05) is 24.3 Å². The number of aromatic nitrogens is 4. The van der Waals surface area contributed by atoms with Gasteiger partial charge in [-0.3, -0.25) is 4.79 Å². The minimum atomic E-state index is -0.161. The van der Waals surface area contributed by atoms with Crippen LogP contribution >= 0.6 is 0 Å². The van der Waals surface area contributed by atoms with Crippen LogP contribution in [0.5, 0.6) is 0 Å². The average Bonchev–Trinajstić information content (AvgIpc) is 3.36. The highest BCUT2D eigenvalue weighted by Crippen LogP contribution is 2.31. The Morgan fingerprint density at radius 2 is 1.87 bits per heavy atom. The molecule has 2 aromatic carbocycles. The largest absolute Gasteiger partial charge is 0.373 e. The van der Waals surface area contributed by atoms with Gasteiger partial charge >= 0.3 is 0 Å². The number of nitrogens with one attached hydrogen (secondary N) is 1. The molecule has 1 N–H and O–H groups in total. The number of benzene rings is 2. The molecule has 4 rings (SSSR count).